The van der Waals surface area contributed by atoms with E-state index in [1.165, 1.54) is 12.1 Å². The number of halogens is 3. The van der Waals surface area contributed by atoms with Gasteiger partial charge in [-0.1, -0.05) is 30.3 Å². The van der Waals surface area contributed by atoms with E-state index < -0.39 is 23.2 Å². The molecule has 1 atom stereocenters. The van der Waals surface area contributed by atoms with Crippen LogP contribution in [0.1, 0.15) is 22.6 Å². The number of nitrogens with two attached hydrogens (primary N) is 1. The smallest absolute Gasteiger partial charge is 0.416 e. The zero-order valence-electron chi connectivity index (χ0n) is 14.2. The summed E-state index contributed by atoms with van der Waals surface area (Å²) in [6.45, 7) is 0. The molecule has 5 nitrogen and oxygen atoms in total. The van der Waals surface area contributed by atoms with Crippen molar-refractivity contribution in [3.8, 4) is 11.8 Å². The lowest BCUT2D eigenvalue weighted by atomic mass is 9.83. The number of benzene rings is 2. The number of nitriles is 1. The average Bonchev–Trinajstić information content (AvgIpc) is 2.66. The molecule has 28 heavy (non-hydrogen) atoms. The lowest BCUT2D eigenvalue weighted by molar-refractivity contribution is -0.137. The van der Waals surface area contributed by atoms with E-state index >= 15 is 0 Å². The third-order valence-corrected chi connectivity index (χ3v) is 4.63. The maximum Gasteiger partial charge on any atom is 0.416 e. The highest BCUT2D eigenvalue weighted by molar-refractivity contribution is 5.87. The van der Waals surface area contributed by atoms with Crippen molar-refractivity contribution in [3.63, 3.8) is 0 Å². The second-order valence-corrected chi connectivity index (χ2v) is 6.29. The molecule has 0 bridgehead atoms. The molecule has 140 valence electrons. The summed E-state index contributed by atoms with van der Waals surface area (Å²) in [5, 5.41) is 10.1. The minimum atomic E-state index is -4.57. The van der Waals surface area contributed by atoms with E-state index in [2.05, 4.69) is 4.98 Å². The van der Waals surface area contributed by atoms with Crippen LogP contribution in [0.3, 0.4) is 0 Å². The number of hydrogen-bond acceptors (Lipinski definition) is 4. The van der Waals surface area contributed by atoms with Crippen molar-refractivity contribution in [1.29, 1.82) is 5.26 Å². The summed E-state index contributed by atoms with van der Waals surface area (Å²) >= 11 is 0. The van der Waals surface area contributed by atoms with Gasteiger partial charge in [-0.2, -0.15) is 18.4 Å². The summed E-state index contributed by atoms with van der Waals surface area (Å²) in [7, 11) is 0. The van der Waals surface area contributed by atoms with Gasteiger partial charge in [0.2, 0.25) is 5.88 Å². The van der Waals surface area contributed by atoms with Crippen molar-refractivity contribution >= 4 is 10.9 Å². The van der Waals surface area contributed by atoms with Gasteiger partial charge in [0.1, 0.15) is 17.4 Å². The minimum Gasteiger partial charge on any atom is -0.439 e. The molecule has 0 unspecified atom stereocenters. The Morgan fingerprint density at radius 1 is 1.14 bits per heavy atom. The number of fused-ring (bicyclic) bond motifs is 3. The Morgan fingerprint density at radius 2 is 1.89 bits per heavy atom. The standard InChI is InChI=1S/C20H12F3N3O2/c21-20(22,23)11-5-3-4-10(8-11)15-13(9-24)18(25)28-17-12-6-1-2-7-14(12)26-19(27)16(15)17/h1-8,15H,25H2,(H,26,27)/t15-/m1/s1. The molecule has 2 heterocycles. The highest BCUT2D eigenvalue weighted by Crippen LogP contribution is 2.43. The lowest BCUT2D eigenvalue weighted by Gasteiger charge is -2.27. The predicted molar refractivity (Wildman–Crippen MR) is 95.3 cm³/mol. The van der Waals surface area contributed by atoms with Crippen LogP contribution in [0.5, 0.6) is 5.75 Å². The number of H-pyrrole nitrogens is 1. The molecule has 0 amide bonds. The molecular formula is C20H12F3N3O2. The monoisotopic (exact) mass is 383 g/mol. The molecule has 4 rings (SSSR count). The number of aromatic nitrogens is 1. The molecule has 2 aromatic carbocycles. The van der Waals surface area contributed by atoms with E-state index in [4.69, 9.17) is 10.5 Å². The van der Waals surface area contributed by atoms with Gasteiger partial charge in [-0.25, -0.2) is 0 Å². The van der Waals surface area contributed by atoms with E-state index in [-0.39, 0.29) is 28.3 Å². The normalized spacial score (nSPS) is 16.4. The van der Waals surface area contributed by atoms with Crippen LogP contribution in [0.15, 0.2) is 64.8 Å². The Labute approximate surface area is 156 Å². The maximum atomic E-state index is 13.2. The molecule has 1 aliphatic heterocycles. The van der Waals surface area contributed by atoms with Crippen LogP contribution in [0.25, 0.3) is 10.9 Å². The summed E-state index contributed by atoms with van der Waals surface area (Å²) < 4.78 is 45.1. The molecule has 0 saturated carbocycles. The quantitative estimate of drug-likeness (QED) is 0.669. The van der Waals surface area contributed by atoms with E-state index in [1.807, 2.05) is 6.07 Å². The largest absolute Gasteiger partial charge is 0.439 e. The van der Waals surface area contributed by atoms with Gasteiger partial charge in [-0.15, -0.1) is 0 Å². The Balaban J connectivity index is 2.05. The van der Waals surface area contributed by atoms with Crippen molar-refractivity contribution in [2.75, 3.05) is 0 Å². The topological polar surface area (TPSA) is 91.9 Å². The number of nitrogens with one attached hydrogen (secondary N) is 1. The number of pyridine rings is 1. The number of nitrogens with zero attached hydrogens (tertiary/aromatic N) is 1. The van der Waals surface area contributed by atoms with Crippen molar-refractivity contribution < 1.29 is 17.9 Å². The number of para-hydroxylation sites is 1. The van der Waals surface area contributed by atoms with E-state index in [0.29, 0.717) is 10.9 Å². The zero-order valence-corrected chi connectivity index (χ0v) is 14.2. The van der Waals surface area contributed by atoms with Gasteiger partial charge in [0.15, 0.2) is 0 Å². The molecule has 0 radical (unpaired) electrons. The number of allylic oxidation sites excluding steroid dienone is 1. The van der Waals surface area contributed by atoms with Gasteiger partial charge in [0.05, 0.1) is 22.6 Å². The van der Waals surface area contributed by atoms with E-state index in [1.54, 1.807) is 24.3 Å². The summed E-state index contributed by atoms with van der Waals surface area (Å²) in [6, 6.07) is 13.2. The first-order valence-electron chi connectivity index (χ1n) is 8.21. The fourth-order valence-electron chi connectivity index (χ4n) is 3.40. The number of hydrogen-bond donors (Lipinski definition) is 2. The molecular weight excluding hydrogens is 371 g/mol. The van der Waals surface area contributed by atoms with Gasteiger partial charge >= 0.3 is 6.18 Å². The molecule has 0 saturated heterocycles. The fourth-order valence-corrected chi connectivity index (χ4v) is 3.40. The van der Waals surface area contributed by atoms with Crippen molar-refractivity contribution in [2.45, 2.75) is 12.1 Å². The Kier molecular flexibility index (Phi) is 3.89. The summed E-state index contributed by atoms with van der Waals surface area (Å²) in [5.41, 5.74) is 5.00. The van der Waals surface area contributed by atoms with Crippen LogP contribution in [0.4, 0.5) is 13.2 Å². The highest BCUT2D eigenvalue weighted by atomic mass is 19.4. The number of ether oxygens (including phenoxy) is 1. The van der Waals surface area contributed by atoms with Crippen LogP contribution in [-0.2, 0) is 6.18 Å². The Hall–Kier alpha value is -3.73. The van der Waals surface area contributed by atoms with Gasteiger partial charge in [-0.05, 0) is 23.8 Å². The Bertz CT molecular complexity index is 1240. The van der Waals surface area contributed by atoms with Crippen molar-refractivity contribution in [2.24, 2.45) is 5.73 Å². The molecule has 0 spiro atoms. The van der Waals surface area contributed by atoms with E-state index in [9.17, 15) is 23.2 Å². The summed E-state index contributed by atoms with van der Waals surface area (Å²) in [6.07, 6.45) is -4.57. The number of alkyl halides is 3. The van der Waals surface area contributed by atoms with Crippen molar-refractivity contribution in [1.82, 2.24) is 4.98 Å². The molecule has 1 aliphatic rings. The average molecular weight is 383 g/mol. The van der Waals surface area contributed by atoms with Gasteiger partial charge < -0.3 is 15.5 Å². The highest BCUT2D eigenvalue weighted by Gasteiger charge is 2.36. The fraction of sp³-hybridized carbons (Fsp3) is 0.100. The third-order valence-electron chi connectivity index (χ3n) is 4.63. The zero-order chi connectivity index (χ0) is 20.1. The van der Waals surface area contributed by atoms with E-state index in [0.717, 1.165) is 12.1 Å². The molecule has 0 aliphatic carbocycles. The minimum absolute atomic E-state index is 0.0452. The second-order valence-electron chi connectivity index (χ2n) is 6.29. The lowest BCUT2D eigenvalue weighted by Crippen LogP contribution is -2.28. The van der Waals surface area contributed by atoms with Crippen LogP contribution >= 0.6 is 0 Å². The molecule has 3 N–H and O–H groups in total. The third kappa shape index (κ3) is 2.68. The maximum absolute atomic E-state index is 13.2. The van der Waals surface area contributed by atoms with Crippen LogP contribution < -0.4 is 16.0 Å². The molecule has 8 heteroatoms. The van der Waals surface area contributed by atoms with Gasteiger partial charge in [0.25, 0.3) is 5.56 Å². The van der Waals surface area contributed by atoms with Gasteiger partial charge in [-0.3, -0.25) is 4.79 Å². The summed E-state index contributed by atoms with van der Waals surface area (Å²) in [5.74, 6) is -1.18. The SMILES string of the molecule is N#CC1=C(N)Oc2c(c(=O)[nH]c3ccccc23)[C@@H]1c1cccc(C(F)(F)F)c1. The Morgan fingerprint density at radius 3 is 2.61 bits per heavy atom. The molecule has 1 aromatic heterocycles. The second kappa shape index (κ2) is 6.16. The number of aromatic amines is 1. The first-order valence-corrected chi connectivity index (χ1v) is 8.21. The first-order chi connectivity index (χ1) is 13.3. The van der Waals surface area contributed by atoms with Crippen LogP contribution in [-0.4, -0.2) is 4.98 Å². The molecule has 0 fully saturated rings. The number of rotatable bonds is 1. The van der Waals surface area contributed by atoms with Crippen molar-refractivity contribution in [3.05, 3.63) is 87.0 Å². The molecule has 3 aromatic rings. The van der Waals surface area contributed by atoms with Crippen LogP contribution in [0, 0.1) is 11.3 Å². The first kappa shape index (κ1) is 17.7. The summed E-state index contributed by atoms with van der Waals surface area (Å²) in [4.78, 5) is 15.5. The van der Waals surface area contributed by atoms with Gasteiger partial charge in [0, 0.05) is 5.39 Å². The predicted octanol–water partition coefficient (Wildman–Crippen LogP) is 3.77. The van der Waals surface area contributed by atoms with Crippen LogP contribution in [0.2, 0.25) is 0 Å².